The largest absolute Gasteiger partial charge is 0.409 e. The van der Waals surface area contributed by atoms with Crippen molar-refractivity contribution < 1.29 is 5.21 Å². The van der Waals surface area contributed by atoms with Gasteiger partial charge in [-0.2, -0.15) is 11.8 Å². The van der Waals surface area contributed by atoms with Crippen LogP contribution in [0.3, 0.4) is 0 Å². The molecule has 3 N–H and O–H groups in total. The van der Waals surface area contributed by atoms with Crippen molar-refractivity contribution in [3.05, 3.63) is 35.4 Å². The van der Waals surface area contributed by atoms with Crippen LogP contribution in [0.25, 0.3) is 0 Å². The minimum absolute atomic E-state index is 0.151. The van der Waals surface area contributed by atoms with Crippen LogP contribution < -0.4 is 5.73 Å². The van der Waals surface area contributed by atoms with E-state index >= 15 is 0 Å². The fourth-order valence-electron chi connectivity index (χ4n) is 1.09. The predicted octanol–water partition coefficient (Wildman–Crippen LogP) is 2.42. The van der Waals surface area contributed by atoms with Crippen molar-refractivity contribution in [2.75, 3.05) is 0 Å². The molecule has 4 heteroatoms. The Kier molecular flexibility index (Phi) is 4.49. The molecule has 0 aliphatic heterocycles. The molecule has 0 bridgehead atoms. The lowest BCUT2D eigenvalue weighted by Gasteiger charge is -2.05. The fourth-order valence-corrected chi connectivity index (χ4v) is 1.81. The Morgan fingerprint density at radius 2 is 2.00 bits per heavy atom. The number of rotatable bonds is 4. The molecule has 0 aromatic heterocycles. The maximum absolute atomic E-state index is 8.49. The highest BCUT2D eigenvalue weighted by molar-refractivity contribution is 7.99. The second kappa shape index (κ2) is 5.66. The maximum Gasteiger partial charge on any atom is 0.170 e. The van der Waals surface area contributed by atoms with E-state index in [2.05, 4.69) is 19.0 Å². The van der Waals surface area contributed by atoms with Crippen molar-refractivity contribution in [2.45, 2.75) is 24.9 Å². The van der Waals surface area contributed by atoms with Crippen LogP contribution in [0.1, 0.15) is 25.0 Å². The molecule has 0 spiro atoms. The molecule has 82 valence electrons. The van der Waals surface area contributed by atoms with Crippen LogP contribution in [0.2, 0.25) is 0 Å². The summed E-state index contributed by atoms with van der Waals surface area (Å²) in [4.78, 5) is 0. The zero-order chi connectivity index (χ0) is 11.3. The Balaban J connectivity index is 2.64. The first-order valence-corrected chi connectivity index (χ1v) is 5.87. The molecule has 0 aliphatic carbocycles. The Morgan fingerprint density at radius 3 is 2.47 bits per heavy atom. The molecular formula is C11H16N2OS. The summed E-state index contributed by atoms with van der Waals surface area (Å²) in [5.74, 6) is 1.15. The normalized spacial score (nSPS) is 12.1. The van der Waals surface area contributed by atoms with Crippen molar-refractivity contribution in [1.82, 2.24) is 0 Å². The summed E-state index contributed by atoms with van der Waals surface area (Å²) < 4.78 is 0. The summed E-state index contributed by atoms with van der Waals surface area (Å²) in [7, 11) is 0. The molecule has 0 saturated heterocycles. The Hall–Kier alpha value is -1.16. The minimum Gasteiger partial charge on any atom is -0.409 e. The average molecular weight is 224 g/mol. The van der Waals surface area contributed by atoms with E-state index < -0.39 is 0 Å². The zero-order valence-electron chi connectivity index (χ0n) is 8.97. The highest BCUT2D eigenvalue weighted by Crippen LogP contribution is 2.17. The van der Waals surface area contributed by atoms with Gasteiger partial charge >= 0.3 is 0 Å². The van der Waals surface area contributed by atoms with Gasteiger partial charge in [0.1, 0.15) is 0 Å². The van der Waals surface area contributed by atoms with Gasteiger partial charge in [0.15, 0.2) is 5.84 Å². The van der Waals surface area contributed by atoms with E-state index in [1.54, 1.807) is 0 Å². The lowest BCUT2D eigenvalue weighted by atomic mass is 10.1. The standard InChI is InChI=1S/C11H16N2OS/c1-8(2)15-7-9-3-5-10(6-4-9)11(12)13-14/h3-6,8,14H,7H2,1-2H3,(H2,12,13). The number of nitrogens with two attached hydrogens (primary N) is 1. The van der Waals surface area contributed by atoms with Gasteiger partial charge in [-0.05, 0) is 10.8 Å². The molecule has 3 nitrogen and oxygen atoms in total. The van der Waals surface area contributed by atoms with Gasteiger partial charge in [0, 0.05) is 11.3 Å². The number of hydrogen-bond acceptors (Lipinski definition) is 3. The third-order valence-electron chi connectivity index (χ3n) is 1.94. The van der Waals surface area contributed by atoms with Crippen molar-refractivity contribution in [3.63, 3.8) is 0 Å². The van der Waals surface area contributed by atoms with Gasteiger partial charge in [-0.15, -0.1) is 0 Å². The summed E-state index contributed by atoms with van der Waals surface area (Å²) in [5.41, 5.74) is 7.46. The van der Waals surface area contributed by atoms with Gasteiger partial charge < -0.3 is 10.9 Å². The van der Waals surface area contributed by atoms with Crippen molar-refractivity contribution >= 4 is 17.6 Å². The van der Waals surface area contributed by atoms with Crippen LogP contribution in [-0.4, -0.2) is 16.3 Å². The number of benzene rings is 1. The number of nitrogens with zero attached hydrogens (tertiary/aromatic N) is 1. The Morgan fingerprint density at radius 1 is 1.40 bits per heavy atom. The molecule has 0 atom stereocenters. The Bertz CT molecular complexity index is 333. The SMILES string of the molecule is CC(C)SCc1ccc(/C(N)=N/O)cc1. The van der Waals surface area contributed by atoms with Crippen molar-refractivity contribution in [2.24, 2.45) is 10.9 Å². The summed E-state index contributed by atoms with van der Waals surface area (Å²) in [6.45, 7) is 4.35. The number of hydrogen-bond donors (Lipinski definition) is 2. The van der Waals surface area contributed by atoms with Crippen LogP contribution in [0.5, 0.6) is 0 Å². The minimum atomic E-state index is 0.151. The number of amidine groups is 1. The van der Waals surface area contributed by atoms with Gasteiger partial charge in [0.25, 0.3) is 0 Å². The van der Waals surface area contributed by atoms with E-state index in [-0.39, 0.29) is 5.84 Å². The second-order valence-electron chi connectivity index (χ2n) is 3.54. The van der Waals surface area contributed by atoms with Crippen LogP contribution in [0, 0.1) is 0 Å². The highest BCUT2D eigenvalue weighted by atomic mass is 32.2. The molecule has 15 heavy (non-hydrogen) atoms. The fraction of sp³-hybridized carbons (Fsp3) is 0.364. The van der Waals surface area contributed by atoms with Gasteiger partial charge in [0.2, 0.25) is 0 Å². The first-order chi connectivity index (χ1) is 7.13. The van der Waals surface area contributed by atoms with Crippen LogP contribution in [0.15, 0.2) is 29.4 Å². The van der Waals surface area contributed by atoms with Gasteiger partial charge in [-0.1, -0.05) is 43.3 Å². The van der Waals surface area contributed by atoms with E-state index in [9.17, 15) is 0 Å². The van der Waals surface area contributed by atoms with E-state index in [0.29, 0.717) is 5.25 Å². The van der Waals surface area contributed by atoms with Crippen molar-refractivity contribution in [1.29, 1.82) is 0 Å². The zero-order valence-corrected chi connectivity index (χ0v) is 9.79. The van der Waals surface area contributed by atoms with E-state index in [0.717, 1.165) is 11.3 Å². The summed E-state index contributed by atoms with van der Waals surface area (Å²) in [6, 6.07) is 7.74. The molecule has 0 radical (unpaired) electrons. The van der Waals surface area contributed by atoms with Gasteiger partial charge in [0.05, 0.1) is 0 Å². The van der Waals surface area contributed by atoms with Crippen molar-refractivity contribution in [3.8, 4) is 0 Å². The highest BCUT2D eigenvalue weighted by Gasteiger charge is 2.00. The van der Waals surface area contributed by atoms with Crippen LogP contribution >= 0.6 is 11.8 Å². The van der Waals surface area contributed by atoms with Gasteiger partial charge in [-0.25, -0.2) is 0 Å². The summed E-state index contributed by atoms with van der Waals surface area (Å²) >= 11 is 1.89. The first kappa shape index (κ1) is 11.9. The van der Waals surface area contributed by atoms with Crippen LogP contribution in [-0.2, 0) is 5.75 Å². The smallest absolute Gasteiger partial charge is 0.170 e. The first-order valence-electron chi connectivity index (χ1n) is 4.82. The predicted molar refractivity (Wildman–Crippen MR) is 65.4 cm³/mol. The summed E-state index contributed by atoms with van der Waals surface area (Å²) in [5, 5.41) is 12.1. The average Bonchev–Trinajstić information content (AvgIpc) is 2.26. The van der Waals surface area contributed by atoms with E-state index in [1.807, 2.05) is 36.0 Å². The maximum atomic E-state index is 8.49. The van der Waals surface area contributed by atoms with E-state index in [4.69, 9.17) is 10.9 Å². The lowest BCUT2D eigenvalue weighted by Crippen LogP contribution is -2.12. The van der Waals surface area contributed by atoms with Gasteiger partial charge in [-0.3, -0.25) is 0 Å². The van der Waals surface area contributed by atoms with Crippen LogP contribution in [0.4, 0.5) is 0 Å². The third-order valence-corrected chi connectivity index (χ3v) is 3.11. The summed E-state index contributed by atoms with van der Waals surface area (Å²) in [6.07, 6.45) is 0. The topological polar surface area (TPSA) is 58.6 Å². The molecule has 1 rings (SSSR count). The molecule has 0 amide bonds. The monoisotopic (exact) mass is 224 g/mol. The molecular weight excluding hydrogens is 208 g/mol. The lowest BCUT2D eigenvalue weighted by molar-refractivity contribution is 0.318. The molecule has 0 unspecified atom stereocenters. The molecule has 1 aromatic rings. The molecule has 0 aliphatic rings. The van der Waals surface area contributed by atoms with E-state index in [1.165, 1.54) is 5.56 Å². The number of oxime groups is 1. The molecule has 0 heterocycles. The third kappa shape index (κ3) is 3.83. The molecule has 0 saturated carbocycles. The second-order valence-corrected chi connectivity index (χ2v) is 5.11. The molecule has 1 aromatic carbocycles. The quantitative estimate of drug-likeness (QED) is 0.357. The number of thioether (sulfide) groups is 1. The Labute approximate surface area is 94.4 Å². The molecule has 0 fully saturated rings.